The first kappa shape index (κ1) is 18.3. The van der Waals surface area contributed by atoms with E-state index in [-0.39, 0.29) is 5.84 Å². The first-order chi connectivity index (χ1) is 12.3. The first-order valence-electron chi connectivity index (χ1n) is 7.64. The van der Waals surface area contributed by atoms with Gasteiger partial charge in [0.15, 0.2) is 17.5 Å². The minimum absolute atomic E-state index is 0.0896. The molecule has 3 heterocycles. The van der Waals surface area contributed by atoms with Crippen LogP contribution in [0.2, 0.25) is 0 Å². The lowest BCUT2D eigenvalue weighted by molar-refractivity contribution is 0.319. The maximum atomic E-state index is 8.76. The normalized spacial score (nSPS) is 10.7. The highest BCUT2D eigenvalue weighted by atomic mass is 32.1. The Morgan fingerprint density at radius 2 is 1.68 bits per heavy atom. The number of aromatic nitrogens is 4. The summed E-state index contributed by atoms with van der Waals surface area (Å²) in [4.78, 5) is 20.4. The fourth-order valence-corrected chi connectivity index (χ4v) is 2.84. The number of anilines is 2. The van der Waals surface area contributed by atoms with E-state index >= 15 is 0 Å². The summed E-state index contributed by atoms with van der Waals surface area (Å²) in [6.07, 6.45) is 9.78. The molecule has 3 N–H and O–H groups in total. The minimum atomic E-state index is 0.0896. The largest absolute Gasteiger partial charge is 0.409 e. The molecule has 0 bridgehead atoms. The van der Waals surface area contributed by atoms with Crippen molar-refractivity contribution < 1.29 is 5.21 Å². The number of oxime groups is 1. The van der Waals surface area contributed by atoms with Crippen molar-refractivity contribution in [3.63, 3.8) is 0 Å². The minimum Gasteiger partial charge on any atom is -0.409 e. The summed E-state index contributed by atoms with van der Waals surface area (Å²) >= 11 is 1.43. The van der Waals surface area contributed by atoms with Crippen molar-refractivity contribution in [2.75, 3.05) is 4.90 Å². The Balaban J connectivity index is 0.00000109. The zero-order valence-corrected chi connectivity index (χ0v) is 14.8. The number of hydrogen-bond acceptors (Lipinski definition) is 8. The molecule has 0 aliphatic heterocycles. The number of amidine groups is 1. The van der Waals surface area contributed by atoms with Crippen LogP contribution in [0.15, 0.2) is 54.5 Å². The van der Waals surface area contributed by atoms with Gasteiger partial charge in [-0.2, -0.15) is 0 Å². The molecule has 0 saturated heterocycles. The van der Waals surface area contributed by atoms with Gasteiger partial charge < -0.3 is 15.8 Å². The van der Waals surface area contributed by atoms with E-state index < -0.39 is 0 Å². The van der Waals surface area contributed by atoms with E-state index in [4.69, 9.17) is 10.9 Å². The van der Waals surface area contributed by atoms with Gasteiger partial charge in [0.25, 0.3) is 0 Å². The standard InChI is InChI=1S/C14H13N7OS.C2H6/c15-14(20-22)11-2-1-10(23-11)9-21(12-7-16-3-5-18-12)13-8-17-4-6-19-13;1-2/h1-8,22H,9H2,(H2,15,20);1-2H3. The third-order valence-electron chi connectivity index (χ3n) is 2.99. The molecule has 9 heteroatoms. The third kappa shape index (κ3) is 4.70. The molecule has 0 aliphatic carbocycles. The van der Waals surface area contributed by atoms with Crippen LogP contribution in [0.4, 0.5) is 11.6 Å². The predicted octanol–water partition coefficient (Wildman–Crippen LogP) is 2.79. The molecule has 8 nitrogen and oxygen atoms in total. The highest BCUT2D eigenvalue weighted by Gasteiger charge is 2.15. The molecule has 25 heavy (non-hydrogen) atoms. The zero-order valence-electron chi connectivity index (χ0n) is 13.9. The second-order valence-electron chi connectivity index (χ2n) is 4.46. The summed E-state index contributed by atoms with van der Waals surface area (Å²) in [6, 6.07) is 3.72. The topological polar surface area (TPSA) is 113 Å². The van der Waals surface area contributed by atoms with Gasteiger partial charge in [-0.25, -0.2) is 9.97 Å². The van der Waals surface area contributed by atoms with Gasteiger partial charge in [-0.15, -0.1) is 11.3 Å². The summed E-state index contributed by atoms with van der Waals surface area (Å²) in [7, 11) is 0. The highest BCUT2D eigenvalue weighted by Crippen LogP contribution is 2.25. The second-order valence-corrected chi connectivity index (χ2v) is 5.63. The number of nitrogens with two attached hydrogens (primary N) is 1. The van der Waals surface area contributed by atoms with Gasteiger partial charge in [0, 0.05) is 29.7 Å². The van der Waals surface area contributed by atoms with E-state index in [1.165, 1.54) is 11.3 Å². The highest BCUT2D eigenvalue weighted by molar-refractivity contribution is 7.14. The molecule has 3 aromatic heterocycles. The molecule has 0 spiro atoms. The Morgan fingerprint density at radius 3 is 2.16 bits per heavy atom. The van der Waals surface area contributed by atoms with Crippen LogP contribution in [0.3, 0.4) is 0 Å². The monoisotopic (exact) mass is 357 g/mol. The third-order valence-corrected chi connectivity index (χ3v) is 4.08. The maximum absolute atomic E-state index is 8.76. The molecule has 0 aromatic carbocycles. The van der Waals surface area contributed by atoms with Gasteiger partial charge in [0.1, 0.15) is 0 Å². The van der Waals surface area contributed by atoms with Gasteiger partial charge in [-0.3, -0.25) is 9.97 Å². The summed E-state index contributed by atoms with van der Waals surface area (Å²) < 4.78 is 0. The molecule has 0 aliphatic rings. The molecule has 130 valence electrons. The van der Waals surface area contributed by atoms with Crippen LogP contribution in [0.25, 0.3) is 0 Å². The van der Waals surface area contributed by atoms with Crippen LogP contribution in [-0.2, 0) is 6.54 Å². The molecular formula is C16H19N7OS. The van der Waals surface area contributed by atoms with E-state index in [0.717, 1.165) is 4.88 Å². The molecule has 0 unspecified atom stereocenters. The molecule has 0 atom stereocenters. The fourth-order valence-electron chi connectivity index (χ4n) is 1.95. The summed E-state index contributed by atoms with van der Waals surface area (Å²) in [6.45, 7) is 4.51. The van der Waals surface area contributed by atoms with Gasteiger partial charge in [-0.05, 0) is 12.1 Å². The quantitative estimate of drug-likeness (QED) is 0.312. The van der Waals surface area contributed by atoms with E-state index in [1.54, 1.807) is 43.2 Å². The molecule has 0 amide bonds. The number of thiophene rings is 1. The lowest BCUT2D eigenvalue weighted by Crippen LogP contribution is -2.18. The molecule has 3 aromatic rings. The smallest absolute Gasteiger partial charge is 0.180 e. The molecule has 0 radical (unpaired) electrons. The second kappa shape index (κ2) is 9.28. The van der Waals surface area contributed by atoms with Crippen molar-refractivity contribution in [3.05, 3.63) is 59.1 Å². The van der Waals surface area contributed by atoms with Gasteiger partial charge in [-0.1, -0.05) is 19.0 Å². The fraction of sp³-hybridized carbons (Fsp3) is 0.188. The van der Waals surface area contributed by atoms with E-state index in [0.29, 0.717) is 23.1 Å². The van der Waals surface area contributed by atoms with E-state index in [1.807, 2.05) is 24.8 Å². The average Bonchev–Trinajstić information content (AvgIpc) is 3.17. The SMILES string of the molecule is CC.N/C(=N\O)c1ccc(CN(c2cnccn2)c2cnccn2)s1. The van der Waals surface area contributed by atoms with Gasteiger partial charge in [0.2, 0.25) is 0 Å². The van der Waals surface area contributed by atoms with Crippen molar-refractivity contribution in [3.8, 4) is 0 Å². The van der Waals surface area contributed by atoms with Crippen LogP contribution in [0.1, 0.15) is 23.6 Å². The predicted molar refractivity (Wildman–Crippen MR) is 98.1 cm³/mol. The first-order valence-corrected chi connectivity index (χ1v) is 8.46. The Morgan fingerprint density at radius 1 is 1.08 bits per heavy atom. The Labute approximate surface area is 149 Å². The van der Waals surface area contributed by atoms with Crippen LogP contribution in [0.5, 0.6) is 0 Å². The van der Waals surface area contributed by atoms with Gasteiger partial charge in [0.05, 0.1) is 23.8 Å². The molecule has 3 rings (SSSR count). The lowest BCUT2D eigenvalue weighted by atomic mass is 10.3. The number of hydrogen-bond donors (Lipinski definition) is 2. The van der Waals surface area contributed by atoms with Crippen molar-refractivity contribution in [2.24, 2.45) is 10.9 Å². The van der Waals surface area contributed by atoms with E-state index in [2.05, 4.69) is 25.1 Å². The Kier molecular flexibility index (Phi) is 6.78. The molecular weight excluding hydrogens is 338 g/mol. The van der Waals surface area contributed by atoms with Gasteiger partial charge >= 0.3 is 0 Å². The van der Waals surface area contributed by atoms with Crippen molar-refractivity contribution in [2.45, 2.75) is 20.4 Å². The van der Waals surface area contributed by atoms with Crippen molar-refractivity contribution in [1.82, 2.24) is 19.9 Å². The van der Waals surface area contributed by atoms with Crippen LogP contribution in [0, 0.1) is 0 Å². The average molecular weight is 357 g/mol. The van der Waals surface area contributed by atoms with Crippen LogP contribution < -0.4 is 10.6 Å². The zero-order chi connectivity index (χ0) is 18.1. The molecule has 0 saturated carbocycles. The summed E-state index contributed by atoms with van der Waals surface area (Å²) in [5, 5.41) is 11.8. The van der Waals surface area contributed by atoms with Crippen molar-refractivity contribution >= 4 is 28.8 Å². The maximum Gasteiger partial charge on any atom is 0.180 e. The number of rotatable bonds is 5. The lowest BCUT2D eigenvalue weighted by Gasteiger charge is -2.21. The Bertz CT molecular complexity index is 753. The van der Waals surface area contributed by atoms with Crippen LogP contribution in [-0.4, -0.2) is 31.0 Å². The van der Waals surface area contributed by atoms with Crippen molar-refractivity contribution in [1.29, 1.82) is 0 Å². The Hall–Kier alpha value is -3.07. The summed E-state index contributed by atoms with van der Waals surface area (Å²) in [5.41, 5.74) is 5.61. The summed E-state index contributed by atoms with van der Waals surface area (Å²) in [5.74, 6) is 1.41. The number of nitrogens with zero attached hydrogens (tertiary/aromatic N) is 6. The van der Waals surface area contributed by atoms with E-state index in [9.17, 15) is 0 Å². The van der Waals surface area contributed by atoms with Crippen LogP contribution >= 0.6 is 11.3 Å². The molecule has 0 fully saturated rings.